The van der Waals surface area contributed by atoms with Crippen LogP contribution in [0.15, 0.2) is 30.5 Å². The Morgan fingerprint density at radius 1 is 1.00 bits per heavy atom. The van der Waals surface area contributed by atoms with Gasteiger partial charge in [0, 0.05) is 37.3 Å². The summed E-state index contributed by atoms with van der Waals surface area (Å²) in [7, 11) is 0.884. The largest absolute Gasteiger partial charge is 0.480 e. The lowest BCUT2D eigenvalue weighted by molar-refractivity contribution is -0.151. The first kappa shape index (κ1) is 46.9. The number of pyridine rings is 1. The van der Waals surface area contributed by atoms with Crippen molar-refractivity contribution in [3.05, 3.63) is 47.7 Å². The molecule has 0 spiro atoms. The van der Waals surface area contributed by atoms with Gasteiger partial charge in [0.15, 0.2) is 18.1 Å². The van der Waals surface area contributed by atoms with Gasteiger partial charge in [-0.15, -0.1) is 5.54 Å². The van der Waals surface area contributed by atoms with Gasteiger partial charge in [0.1, 0.15) is 48.9 Å². The topological polar surface area (TPSA) is 140 Å². The number of amides is 1. The maximum atomic E-state index is 17.8. The number of hydrogen-bond donors (Lipinski definition) is 1. The number of halogens is 2. The zero-order valence-electron chi connectivity index (χ0n) is 39.0. The number of ether oxygens (including phenoxy) is 4. The lowest BCUT2D eigenvalue weighted by atomic mass is 9.95. The number of likely N-dealkylation sites (N-methyl/N-ethyl adjacent to an activating group) is 1. The van der Waals surface area contributed by atoms with Crippen LogP contribution in [-0.2, 0) is 14.3 Å². The number of nitrogens with zero attached hydrogens (tertiary/aromatic N) is 6. The van der Waals surface area contributed by atoms with Gasteiger partial charge in [-0.3, -0.25) is 19.6 Å². The highest BCUT2D eigenvalue weighted by Gasteiger charge is 2.48. The number of likely N-dealkylation sites (tertiary alicyclic amines) is 1. The molecule has 0 radical (unpaired) electrons. The number of fused-ring (bicyclic) bond motifs is 4. The van der Waals surface area contributed by atoms with Crippen molar-refractivity contribution in [2.45, 2.75) is 128 Å². The van der Waals surface area contributed by atoms with E-state index in [1.807, 2.05) is 25.7 Å². The van der Waals surface area contributed by atoms with Crippen LogP contribution in [0.5, 0.6) is 11.8 Å². The highest BCUT2D eigenvalue weighted by Crippen LogP contribution is 2.43. The predicted octanol–water partition coefficient (Wildman–Crippen LogP) is 9.19. The maximum absolute atomic E-state index is 17.8. The highest BCUT2D eigenvalue weighted by atomic mass is 28.3. The van der Waals surface area contributed by atoms with E-state index < -0.39 is 36.8 Å². The van der Waals surface area contributed by atoms with Gasteiger partial charge in [0.2, 0.25) is 0 Å². The number of carboxylic acid groups (broad SMARTS) is 1. The molecule has 344 valence electrons. The predicted molar refractivity (Wildman–Crippen MR) is 245 cm³/mol. The molecule has 4 aromatic rings. The highest BCUT2D eigenvalue weighted by molar-refractivity contribution is 6.90. The molecule has 3 aliphatic rings. The van der Waals surface area contributed by atoms with Crippen LogP contribution in [0.1, 0.15) is 93.6 Å². The third-order valence-corrected chi connectivity index (χ3v) is 19.9. The van der Waals surface area contributed by atoms with Crippen LogP contribution < -0.4 is 14.4 Å². The van der Waals surface area contributed by atoms with Gasteiger partial charge in [-0.25, -0.2) is 13.6 Å². The van der Waals surface area contributed by atoms with E-state index in [9.17, 15) is 14.7 Å². The number of anilines is 1. The van der Waals surface area contributed by atoms with E-state index in [0.29, 0.717) is 54.8 Å². The second-order valence-corrected chi connectivity index (χ2v) is 25.1. The van der Waals surface area contributed by atoms with Crippen molar-refractivity contribution in [1.29, 1.82) is 0 Å². The molecule has 1 N–H and O–H groups in total. The Balaban J connectivity index is 1.42. The van der Waals surface area contributed by atoms with Crippen LogP contribution in [0, 0.1) is 23.1 Å². The number of rotatable bonds is 12. The first-order valence-corrected chi connectivity index (χ1v) is 24.6. The minimum atomic E-state index is -2.35. The van der Waals surface area contributed by atoms with E-state index in [2.05, 4.69) is 58.0 Å². The number of benzene rings is 2. The molecule has 3 saturated heterocycles. The number of carbonyl (C=O) groups is 2. The number of hydrogen-bond acceptors (Lipinski definition) is 11. The summed E-state index contributed by atoms with van der Waals surface area (Å²) in [6, 6.07) is 5.72. The molecule has 16 heteroatoms. The fourth-order valence-corrected chi connectivity index (χ4v) is 15.7. The molecule has 1 amide bonds. The average molecular weight is 901 g/mol. The molecule has 3 fully saturated rings. The van der Waals surface area contributed by atoms with E-state index in [-0.39, 0.29) is 81.9 Å². The Morgan fingerprint density at radius 2 is 1.67 bits per heavy atom. The van der Waals surface area contributed by atoms with Gasteiger partial charge in [-0.1, -0.05) is 53.5 Å². The first-order valence-electron chi connectivity index (χ1n) is 22.3. The normalized spacial score (nSPS) is 20.4. The van der Waals surface area contributed by atoms with Crippen molar-refractivity contribution >= 4 is 47.6 Å². The van der Waals surface area contributed by atoms with E-state index >= 15 is 8.78 Å². The van der Waals surface area contributed by atoms with Gasteiger partial charge in [0.25, 0.3) is 0 Å². The van der Waals surface area contributed by atoms with Crippen LogP contribution in [0.2, 0.25) is 16.6 Å². The summed E-state index contributed by atoms with van der Waals surface area (Å²) < 4.78 is 57.3. The molecule has 2 bridgehead atoms. The smallest absolute Gasteiger partial charge is 0.410 e. The molecular formula is C48H62F2N6O7Si. The minimum Gasteiger partial charge on any atom is -0.480 e. The number of aliphatic carboxylic acids is 1. The minimum absolute atomic E-state index is 0.0921. The summed E-state index contributed by atoms with van der Waals surface area (Å²) in [4.78, 5) is 45.8. The lowest BCUT2D eigenvalue weighted by Gasteiger charge is -2.42. The summed E-state index contributed by atoms with van der Waals surface area (Å²) in [5.74, 6) is 1.58. The van der Waals surface area contributed by atoms with Gasteiger partial charge in [-0.05, 0) is 100 Å². The second-order valence-electron chi connectivity index (χ2n) is 19.5. The third kappa shape index (κ3) is 8.58. The Kier molecular flexibility index (Phi) is 13.2. The maximum Gasteiger partial charge on any atom is 0.410 e. The number of carboxylic acids is 1. The van der Waals surface area contributed by atoms with Gasteiger partial charge >= 0.3 is 18.1 Å². The molecule has 2 aromatic heterocycles. The first-order chi connectivity index (χ1) is 30.2. The number of aromatic nitrogens is 3. The zero-order valence-corrected chi connectivity index (χ0v) is 40.0. The van der Waals surface area contributed by atoms with Gasteiger partial charge < -0.3 is 29.0 Å². The molecule has 5 heterocycles. The fourth-order valence-electron chi connectivity index (χ4n) is 10.5. The van der Waals surface area contributed by atoms with Crippen LogP contribution in [-0.4, -0.2) is 120 Å². The molecule has 64 heavy (non-hydrogen) atoms. The molecule has 0 aliphatic carbocycles. The zero-order chi connectivity index (χ0) is 46.5. The van der Waals surface area contributed by atoms with Gasteiger partial charge in [0.05, 0.1) is 23.0 Å². The van der Waals surface area contributed by atoms with E-state index in [1.165, 1.54) is 19.4 Å². The molecule has 0 saturated carbocycles. The molecule has 3 aliphatic heterocycles. The van der Waals surface area contributed by atoms with Crippen molar-refractivity contribution in [2.24, 2.45) is 0 Å². The molecular weight excluding hydrogens is 839 g/mol. The standard InChI is InChI=1S/C48H62F2N6O7Si/c1-28(2)64(29(3)4,30(5)6)20-17-35-38(49)16-13-31-21-34(62-27-60-11)22-36(39(31)35)41-40(50)42-37(23-51-41)43(53-45(52-42)61-26-48(44(57)58)18-12-19-54(48)10)55-24-32-14-15-33(25-55)56(32)46(59)63-47(7,8)9/h13,16,21-23,28-30,32-33H,12,14-15,18-19,24-27H2,1-11H3,(H,57,58)/t32-,33+,48?. The van der Waals surface area contributed by atoms with Crippen LogP contribution in [0.4, 0.5) is 19.4 Å². The monoisotopic (exact) mass is 900 g/mol. The Bertz CT molecular complexity index is 2470. The fraction of sp³-hybridized carbons (Fsp3) is 0.562. The van der Waals surface area contributed by atoms with Crippen molar-refractivity contribution in [1.82, 2.24) is 24.8 Å². The van der Waals surface area contributed by atoms with Crippen molar-refractivity contribution in [3.63, 3.8) is 0 Å². The summed E-state index contributed by atoms with van der Waals surface area (Å²) in [5, 5.41) is 11.6. The Hall–Kier alpha value is -5.11. The summed E-state index contributed by atoms with van der Waals surface area (Å²) in [5.41, 5.74) is 2.62. The number of methoxy groups -OCH3 is 1. The average Bonchev–Trinajstić information content (AvgIpc) is 3.74. The molecule has 1 unspecified atom stereocenters. The summed E-state index contributed by atoms with van der Waals surface area (Å²) >= 11 is 0. The van der Waals surface area contributed by atoms with Crippen LogP contribution in [0.25, 0.3) is 32.9 Å². The van der Waals surface area contributed by atoms with E-state index in [1.54, 1.807) is 35.0 Å². The lowest BCUT2D eigenvalue weighted by Crippen LogP contribution is -2.57. The number of piperazine rings is 1. The third-order valence-electron chi connectivity index (χ3n) is 13.6. The Labute approximate surface area is 375 Å². The van der Waals surface area contributed by atoms with Gasteiger partial charge in [-0.2, -0.15) is 9.97 Å². The van der Waals surface area contributed by atoms with Crippen LogP contribution in [0.3, 0.4) is 0 Å². The second kappa shape index (κ2) is 18.0. The van der Waals surface area contributed by atoms with Crippen molar-refractivity contribution in [2.75, 3.05) is 52.1 Å². The molecule has 2 aromatic carbocycles. The van der Waals surface area contributed by atoms with E-state index in [0.717, 1.165) is 12.8 Å². The quantitative estimate of drug-likeness (QED) is 0.0824. The van der Waals surface area contributed by atoms with Crippen LogP contribution >= 0.6 is 0 Å². The summed E-state index contributed by atoms with van der Waals surface area (Å²) in [6.45, 7) is 19.6. The number of carbonyl (C=O) groups excluding carboxylic acids is 1. The van der Waals surface area contributed by atoms with Crippen molar-refractivity contribution < 1.29 is 42.4 Å². The molecule has 7 rings (SSSR count). The summed E-state index contributed by atoms with van der Waals surface area (Å²) in [6.07, 6.45) is 3.61. The SMILES string of the molecule is COCOc1cc(-c2ncc3c(N4C[C@H]5CC[C@@H](C4)N5C(=O)OC(C)(C)C)nc(OCC4(C(=O)O)CCCN4C)nc3c2F)c2c(C#C[Si](C(C)C)(C(C)C)C(C)C)c(F)ccc2c1. The van der Waals surface area contributed by atoms with E-state index in [4.69, 9.17) is 28.9 Å². The molecule has 13 nitrogen and oxygen atoms in total. The molecule has 3 atom stereocenters. The van der Waals surface area contributed by atoms with Crippen molar-refractivity contribution in [3.8, 4) is 34.5 Å². The Morgan fingerprint density at radius 3 is 2.25 bits per heavy atom.